The van der Waals surface area contributed by atoms with Crippen LogP contribution < -0.4 is 5.73 Å². The van der Waals surface area contributed by atoms with Gasteiger partial charge in [-0.15, -0.1) is 24.8 Å². The summed E-state index contributed by atoms with van der Waals surface area (Å²) in [5.41, 5.74) is 5.62. The van der Waals surface area contributed by atoms with Crippen LogP contribution in [0.15, 0.2) is 18.5 Å². The highest BCUT2D eigenvalue weighted by molar-refractivity contribution is 5.85. The normalized spacial score (nSPS) is 19.9. The SMILES string of the molecule is Cl.Cl.NCCC1CCCN(CCn2cccn2)C1. The molecule has 1 atom stereocenters. The quantitative estimate of drug-likeness (QED) is 0.901. The van der Waals surface area contributed by atoms with Gasteiger partial charge < -0.3 is 10.6 Å². The molecule has 0 amide bonds. The summed E-state index contributed by atoms with van der Waals surface area (Å²) in [6.07, 6.45) is 7.73. The van der Waals surface area contributed by atoms with E-state index in [4.69, 9.17) is 5.73 Å². The second-order valence-corrected chi connectivity index (χ2v) is 4.66. The number of halogens is 2. The number of nitrogens with zero attached hydrogens (tertiary/aromatic N) is 3. The minimum Gasteiger partial charge on any atom is -0.330 e. The number of hydrogen-bond acceptors (Lipinski definition) is 3. The predicted octanol–water partition coefficient (Wildman–Crippen LogP) is 1.79. The highest BCUT2D eigenvalue weighted by atomic mass is 35.5. The van der Waals surface area contributed by atoms with Gasteiger partial charge >= 0.3 is 0 Å². The molecule has 1 aromatic heterocycles. The van der Waals surface area contributed by atoms with Crippen molar-refractivity contribution in [2.24, 2.45) is 11.7 Å². The van der Waals surface area contributed by atoms with Crippen LogP contribution in [-0.4, -0.2) is 40.9 Å². The van der Waals surface area contributed by atoms with Crippen molar-refractivity contribution in [2.45, 2.75) is 25.8 Å². The molecule has 6 heteroatoms. The fraction of sp³-hybridized carbons (Fsp3) is 0.750. The van der Waals surface area contributed by atoms with Gasteiger partial charge in [0.25, 0.3) is 0 Å². The van der Waals surface area contributed by atoms with Gasteiger partial charge in [0, 0.05) is 25.5 Å². The maximum absolute atomic E-state index is 5.62. The van der Waals surface area contributed by atoms with Gasteiger partial charge in [0.2, 0.25) is 0 Å². The molecule has 2 rings (SSSR count). The fourth-order valence-electron chi connectivity index (χ4n) is 2.50. The maximum Gasteiger partial charge on any atom is 0.0536 e. The van der Waals surface area contributed by atoms with Crippen LogP contribution in [0.3, 0.4) is 0 Å². The number of piperidine rings is 1. The van der Waals surface area contributed by atoms with Crippen LogP contribution in [0.1, 0.15) is 19.3 Å². The van der Waals surface area contributed by atoms with Crippen molar-refractivity contribution in [3.05, 3.63) is 18.5 Å². The third-order valence-electron chi connectivity index (χ3n) is 3.38. The van der Waals surface area contributed by atoms with Gasteiger partial charge in [0.15, 0.2) is 0 Å². The smallest absolute Gasteiger partial charge is 0.0536 e. The third kappa shape index (κ3) is 5.57. The van der Waals surface area contributed by atoms with Gasteiger partial charge in [-0.05, 0) is 44.3 Å². The molecule has 1 aliphatic rings. The zero-order valence-corrected chi connectivity index (χ0v) is 12.3. The molecule has 2 N–H and O–H groups in total. The fourth-order valence-corrected chi connectivity index (χ4v) is 2.50. The highest BCUT2D eigenvalue weighted by Gasteiger charge is 2.18. The Kier molecular flexibility index (Phi) is 9.46. The second kappa shape index (κ2) is 9.62. The summed E-state index contributed by atoms with van der Waals surface area (Å²) >= 11 is 0. The molecule has 1 saturated heterocycles. The van der Waals surface area contributed by atoms with Gasteiger partial charge in [-0.25, -0.2) is 0 Å². The summed E-state index contributed by atoms with van der Waals surface area (Å²) in [4.78, 5) is 2.55. The lowest BCUT2D eigenvalue weighted by molar-refractivity contribution is 0.163. The van der Waals surface area contributed by atoms with Crippen LogP contribution in [0.5, 0.6) is 0 Å². The largest absolute Gasteiger partial charge is 0.330 e. The number of aromatic nitrogens is 2. The van der Waals surface area contributed by atoms with Crippen LogP contribution >= 0.6 is 24.8 Å². The van der Waals surface area contributed by atoms with E-state index in [2.05, 4.69) is 10.00 Å². The van der Waals surface area contributed by atoms with E-state index in [1.807, 2.05) is 23.1 Å². The van der Waals surface area contributed by atoms with Crippen LogP contribution in [0.25, 0.3) is 0 Å². The topological polar surface area (TPSA) is 47.1 Å². The minimum atomic E-state index is 0. The van der Waals surface area contributed by atoms with E-state index in [1.54, 1.807) is 0 Å². The summed E-state index contributed by atoms with van der Waals surface area (Å²) in [5, 5.41) is 4.23. The molecular formula is C12H24Cl2N4. The lowest BCUT2D eigenvalue weighted by Gasteiger charge is -2.32. The van der Waals surface area contributed by atoms with E-state index in [1.165, 1.54) is 32.4 Å². The van der Waals surface area contributed by atoms with E-state index in [0.29, 0.717) is 0 Å². The van der Waals surface area contributed by atoms with E-state index < -0.39 is 0 Å². The first-order valence-electron chi connectivity index (χ1n) is 6.28. The van der Waals surface area contributed by atoms with Crippen LogP contribution in [0.4, 0.5) is 0 Å². The van der Waals surface area contributed by atoms with Crippen LogP contribution in [0, 0.1) is 5.92 Å². The van der Waals surface area contributed by atoms with E-state index in [0.717, 1.165) is 25.6 Å². The summed E-state index contributed by atoms with van der Waals surface area (Å²) in [6, 6.07) is 1.98. The molecule has 1 aliphatic heterocycles. The van der Waals surface area contributed by atoms with Crippen molar-refractivity contribution in [1.29, 1.82) is 0 Å². The Morgan fingerprint density at radius 1 is 1.28 bits per heavy atom. The molecule has 0 saturated carbocycles. The van der Waals surface area contributed by atoms with Gasteiger partial charge in [-0.1, -0.05) is 0 Å². The van der Waals surface area contributed by atoms with Crippen molar-refractivity contribution in [1.82, 2.24) is 14.7 Å². The lowest BCUT2D eigenvalue weighted by Crippen LogP contribution is -2.38. The average Bonchev–Trinajstić information content (AvgIpc) is 2.80. The first-order valence-corrected chi connectivity index (χ1v) is 6.28. The molecule has 0 spiro atoms. The van der Waals surface area contributed by atoms with Gasteiger partial charge in [-0.2, -0.15) is 5.10 Å². The highest BCUT2D eigenvalue weighted by Crippen LogP contribution is 2.18. The molecule has 106 valence electrons. The van der Waals surface area contributed by atoms with Crippen molar-refractivity contribution in [3.63, 3.8) is 0 Å². The van der Waals surface area contributed by atoms with Gasteiger partial charge in [-0.3, -0.25) is 4.68 Å². The van der Waals surface area contributed by atoms with E-state index >= 15 is 0 Å². The summed E-state index contributed by atoms with van der Waals surface area (Å²) in [6.45, 7) is 5.41. The summed E-state index contributed by atoms with van der Waals surface area (Å²) < 4.78 is 2.01. The summed E-state index contributed by atoms with van der Waals surface area (Å²) in [7, 11) is 0. The summed E-state index contributed by atoms with van der Waals surface area (Å²) in [5.74, 6) is 0.816. The molecule has 1 aromatic rings. The first kappa shape index (κ1) is 17.7. The molecule has 0 radical (unpaired) electrons. The van der Waals surface area contributed by atoms with Gasteiger partial charge in [0.1, 0.15) is 0 Å². The van der Waals surface area contributed by atoms with Crippen molar-refractivity contribution in [3.8, 4) is 0 Å². The molecule has 18 heavy (non-hydrogen) atoms. The number of rotatable bonds is 5. The Labute approximate surface area is 122 Å². The molecule has 1 unspecified atom stereocenters. The predicted molar refractivity (Wildman–Crippen MR) is 79.6 cm³/mol. The number of hydrogen-bond donors (Lipinski definition) is 1. The Balaban J connectivity index is 0.00000144. The molecule has 2 heterocycles. The molecule has 0 bridgehead atoms. The van der Waals surface area contributed by atoms with Crippen LogP contribution in [-0.2, 0) is 6.54 Å². The molecule has 4 nitrogen and oxygen atoms in total. The number of likely N-dealkylation sites (tertiary alicyclic amines) is 1. The Morgan fingerprint density at radius 3 is 2.78 bits per heavy atom. The third-order valence-corrected chi connectivity index (χ3v) is 3.38. The van der Waals surface area contributed by atoms with Gasteiger partial charge in [0.05, 0.1) is 6.54 Å². The van der Waals surface area contributed by atoms with Crippen molar-refractivity contribution < 1.29 is 0 Å². The monoisotopic (exact) mass is 294 g/mol. The Morgan fingerprint density at radius 2 is 2.11 bits per heavy atom. The Hall–Kier alpha value is -0.290. The molecule has 0 aromatic carbocycles. The molecular weight excluding hydrogens is 271 g/mol. The number of nitrogens with two attached hydrogens (primary N) is 1. The maximum atomic E-state index is 5.62. The zero-order valence-electron chi connectivity index (χ0n) is 10.7. The minimum absolute atomic E-state index is 0. The van der Waals surface area contributed by atoms with E-state index in [9.17, 15) is 0 Å². The van der Waals surface area contributed by atoms with Crippen LogP contribution in [0.2, 0.25) is 0 Å². The second-order valence-electron chi connectivity index (χ2n) is 4.66. The first-order chi connectivity index (χ1) is 7.88. The molecule has 0 aliphatic carbocycles. The Bertz CT molecular complexity index is 290. The van der Waals surface area contributed by atoms with Crippen molar-refractivity contribution in [2.75, 3.05) is 26.2 Å². The molecule has 1 fully saturated rings. The average molecular weight is 295 g/mol. The zero-order chi connectivity index (χ0) is 11.2. The lowest BCUT2D eigenvalue weighted by atomic mass is 9.95. The van der Waals surface area contributed by atoms with Crippen molar-refractivity contribution >= 4 is 24.8 Å². The van der Waals surface area contributed by atoms with E-state index in [-0.39, 0.29) is 24.8 Å². The standard InChI is InChI=1S/C12H22N4.2ClH/c13-5-4-12-3-1-7-15(11-12)9-10-16-8-2-6-14-16;;/h2,6,8,12H,1,3-5,7,9-11,13H2;2*1H.